The number of amides is 2. The third-order valence-corrected chi connectivity index (χ3v) is 5.52. The Kier molecular flexibility index (Phi) is 7.12. The summed E-state index contributed by atoms with van der Waals surface area (Å²) in [5, 5.41) is 3.02. The summed E-state index contributed by atoms with van der Waals surface area (Å²) < 4.78 is 28.3. The molecule has 0 aliphatic rings. The Morgan fingerprint density at radius 1 is 1.09 bits per heavy atom. The van der Waals surface area contributed by atoms with Gasteiger partial charge in [-0.3, -0.25) is 9.59 Å². The SMILES string of the molecule is CCN(CCCN(C)c1cc(F)cc(NC(=O)c2cc3c(F)ccc(C)c3[nH]2)c1)C(C)=O. The van der Waals surface area contributed by atoms with Crippen LogP contribution in [0.15, 0.2) is 36.4 Å². The van der Waals surface area contributed by atoms with E-state index in [1.165, 1.54) is 31.2 Å². The number of benzene rings is 2. The molecule has 32 heavy (non-hydrogen) atoms. The van der Waals surface area contributed by atoms with Crippen LogP contribution in [0, 0.1) is 18.6 Å². The van der Waals surface area contributed by atoms with E-state index in [4.69, 9.17) is 0 Å². The molecular formula is C24H28F2N4O2. The number of H-pyrrole nitrogens is 1. The zero-order chi connectivity index (χ0) is 23.4. The van der Waals surface area contributed by atoms with E-state index < -0.39 is 17.5 Å². The summed E-state index contributed by atoms with van der Waals surface area (Å²) >= 11 is 0. The van der Waals surface area contributed by atoms with Gasteiger partial charge in [0.2, 0.25) is 5.91 Å². The van der Waals surface area contributed by atoms with E-state index in [1.54, 1.807) is 17.0 Å². The molecular weight excluding hydrogens is 414 g/mol. The number of nitrogens with zero attached hydrogens (tertiary/aromatic N) is 2. The first kappa shape index (κ1) is 23.2. The Balaban J connectivity index is 1.71. The molecule has 6 nitrogen and oxygen atoms in total. The molecule has 0 bridgehead atoms. The molecule has 0 radical (unpaired) electrons. The van der Waals surface area contributed by atoms with Crippen molar-refractivity contribution in [1.82, 2.24) is 9.88 Å². The second-order valence-electron chi connectivity index (χ2n) is 7.86. The minimum atomic E-state index is -0.487. The molecule has 2 amide bonds. The third kappa shape index (κ3) is 5.25. The number of hydrogen-bond donors (Lipinski definition) is 2. The molecule has 1 aromatic heterocycles. The Bertz CT molecular complexity index is 1100. The fourth-order valence-electron chi connectivity index (χ4n) is 3.68. The summed E-state index contributed by atoms with van der Waals surface area (Å²) in [6.45, 7) is 7.16. The number of anilines is 2. The Labute approximate surface area is 186 Å². The van der Waals surface area contributed by atoms with Gasteiger partial charge in [-0.15, -0.1) is 0 Å². The van der Waals surface area contributed by atoms with Crippen LogP contribution in [0.3, 0.4) is 0 Å². The normalized spacial score (nSPS) is 10.9. The lowest BCUT2D eigenvalue weighted by molar-refractivity contribution is -0.128. The van der Waals surface area contributed by atoms with Crippen molar-refractivity contribution in [2.45, 2.75) is 27.2 Å². The van der Waals surface area contributed by atoms with Crippen LogP contribution in [0.25, 0.3) is 10.9 Å². The van der Waals surface area contributed by atoms with E-state index in [0.29, 0.717) is 41.9 Å². The van der Waals surface area contributed by atoms with E-state index in [-0.39, 0.29) is 11.6 Å². The highest BCUT2D eigenvalue weighted by Crippen LogP contribution is 2.25. The van der Waals surface area contributed by atoms with Crippen molar-refractivity contribution in [1.29, 1.82) is 0 Å². The van der Waals surface area contributed by atoms with Crippen molar-refractivity contribution in [2.75, 3.05) is 36.9 Å². The van der Waals surface area contributed by atoms with Gasteiger partial charge in [-0.1, -0.05) is 6.07 Å². The number of aryl methyl sites for hydroxylation is 1. The van der Waals surface area contributed by atoms with Crippen molar-refractivity contribution in [3.8, 4) is 0 Å². The second kappa shape index (κ2) is 9.80. The standard InChI is InChI=1S/C24H28F2N4O2/c1-5-30(16(3)31)10-6-9-29(4)19-12-17(25)11-18(13-19)27-24(32)22-14-20-21(26)8-7-15(2)23(20)28-22/h7-8,11-14,28H,5-6,9-10H2,1-4H3,(H,27,32). The van der Waals surface area contributed by atoms with Crippen LogP contribution in [-0.4, -0.2) is 48.4 Å². The number of carbonyl (C=O) groups is 2. The summed E-state index contributed by atoms with van der Waals surface area (Å²) in [6.07, 6.45) is 0.724. The topological polar surface area (TPSA) is 68.4 Å². The summed E-state index contributed by atoms with van der Waals surface area (Å²) in [5.74, 6) is -1.36. The number of aromatic amines is 1. The minimum absolute atomic E-state index is 0.0259. The smallest absolute Gasteiger partial charge is 0.272 e. The quantitative estimate of drug-likeness (QED) is 0.531. The molecule has 0 atom stereocenters. The molecule has 170 valence electrons. The van der Waals surface area contributed by atoms with Crippen LogP contribution in [0.1, 0.15) is 36.3 Å². The first-order valence-corrected chi connectivity index (χ1v) is 10.6. The van der Waals surface area contributed by atoms with Crippen LogP contribution in [-0.2, 0) is 4.79 Å². The van der Waals surface area contributed by atoms with E-state index in [1.807, 2.05) is 25.8 Å². The zero-order valence-electron chi connectivity index (χ0n) is 18.8. The van der Waals surface area contributed by atoms with Gasteiger partial charge in [0, 0.05) is 50.4 Å². The number of hydrogen-bond acceptors (Lipinski definition) is 3. The molecule has 0 saturated heterocycles. The van der Waals surface area contributed by atoms with Gasteiger partial charge in [-0.05, 0) is 56.2 Å². The number of carbonyl (C=O) groups excluding carboxylic acids is 2. The maximum atomic E-state index is 14.2. The van der Waals surface area contributed by atoms with Gasteiger partial charge < -0.3 is 20.1 Å². The Morgan fingerprint density at radius 2 is 1.84 bits per heavy atom. The lowest BCUT2D eigenvalue weighted by atomic mass is 10.1. The summed E-state index contributed by atoms with van der Waals surface area (Å²) in [5.41, 5.74) is 2.47. The Morgan fingerprint density at radius 3 is 2.50 bits per heavy atom. The average Bonchev–Trinajstić information content (AvgIpc) is 3.20. The third-order valence-electron chi connectivity index (χ3n) is 5.52. The highest BCUT2D eigenvalue weighted by Gasteiger charge is 2.15. The number of nitrogens with one attached hydrogen (secondary N) is 2. The summed E-state index contributed by atoms with van der Waals surface area (Å²) in [7, 11) is 1.83. The van der Waals surface area contributed by atoms with Crippen molar-refractivity contribution in [2.24, 2.45) is 0 Å². The van der Waals surface area contributed by atoms with E-state index in [0.717, 1.165) is 12.0 Å². The van der Waals surface area contributed by atoms with Gasteiger partial charge in [0.1, 0.15) is 17.3 Å². The van der Waals surface area contributed by atoms with E-state index >= 15 is 0 Å². The number of aromatic nitrogens is 1. The average molecular weight is 443 g/mol. The zero-order valence-corrected chi connectivity index (χ0v) is 18.8. The maximum Gasteiger partial charge on any atom is 0.272 e. The molecule has 2 aromatic carbocycles. The van der Waals surface area contributed by atoms with Gasteiger partial charge in [-0.2, -0.15) is 0 Å². The maximum absolute atomic E-state index is 14.2. The predicted molar refractivity (Wildman–Crippen MR) is 123 cm³/mol. The molecule has 0 fully saturated rings. The fraction of sp³-hybridized carbons (Fsp3) is 0.333. The predicted octanol–water partition coefficient (Wildman–Crippen LogP) is 4.70. The first-order chi connectivity index (χ1) is 15.2. The van der Waals surface area contributed by atoms with E-state index in [2.05, 4.69) is 10.3 Å². The highest BCUT2D eigenvalue weighted by molar-refractivity contribution is 6.06. The second-order valence-corrected chi connectivity index (χ2v) is 7.86. The van der Waals surface area contributed by atoms with Crippen molar-refractivity contribution < 1.29 is 18.4 Å². The van der Waals surface area contributed by atoms with Gasteiger partial charge in [0.25, 0.3) is 5.91 Å². The number of fused-ring (bicyclic) bond motifs is 1. The van der Waals surface area contributed by atoms with Crippen LogP contribution >= 0.6 is 0 Å². The molecule has 0 aliphatic carbocycles. The lowest BCUT2D eigenvalue weighted by Crippen LogP contribution is -2.31. The number of rotatable bonds is 8. The van der Waals surface area contributed by atoms with Gasteiger partial charge in [0.15, 0.2) is 0 Å². The molecule has 2 N–H and O–H groups in total. The van der Waals surface area contributed by atoms with Crippen molar-refractivity contribution in [3.63, 3.8) is 0 Å². The first-order valence-electron chi connectivity index (χ1n) is 10.6. The fourth-order valence-corrected chi connectivity index (χ4v) is 3.68. The lowest BCUT2D eigenvalue weighted by Gasteiger charge is -2.23. The summed E-state index contributed by atoms with van der Waals surface area (Å²) in [4.78, 5) is 30.8. The molecule has 0 aliphatic heterocycles. The minimum Gasteiger partial charge on any atom is -0.374 e. The largest absolute Gasteiger partial charge is 0.374 e. The monoisotopic (exact) mass is 442 g/mol. The van der Waals surface area contributed by atoms with Gasteiger partial charge >= 0.3 is 0 Å². The van der Waals surface area contributed by atoms with Crippen LogP contribution in [0.4, 0.5) is 20.2 Å². The molecule has 1 heterocycles. The molecule has 0 spiro atoms. The summed E-state index contributed by atoms with van der Waals surface area (Å²) in [6, 6.07) is 8.75. The van der Waals surface area contributed by atoms with E-state index in [9.17, 15) is 18.4 Å². The molecule has 3 rings (SSSR count). The van der Waals surface area contributed by atoms with Crippen LogP contribution in [0.2, 0.25) is 0 Å². The molecule has 8 heteroatoms. The number of halogens is 2. The molecule has 0 saturated carbocycles. The van der Waals surface area contributed by atoms with Crippen molar-refractivity contribution in [3.05, 3.63) is 59.3 Å². The Hall–Kier alpha value is -3.42. The van der Waals surface area contributed by atoms with Gasteiger partial charge in [-0.25, -0.2) is 8.78 Å². The van der Waals surface area contributed by atoms with Crippen LogP contribution < -0.4 is 10.2 Å². The highest BCUT2D eigenvalue weighted by atomic mass is 19.1. The molecule has 3 aromatic rings. The van der Waals surface area contributed by atoms with Gasteiger partial charge in [0.05, 0.1) is 5.52 Å². The van der Waals surface area contributed by atoms with Crippen LogP contribution in [0.5, 0.6) is 0 Å². The van der Waals surface area contributed by atoms with Crippen molar-refractivity contribution >= 4 is 34.1 Å². The molecule has 0 unspecified atom stereocenters.